The van der Waals surface area contributed by atoms with Gasteiger partial charge in [0.15, 0.2) is 0 Å². The summed E-state index contributed by atoms with van der Waals surface area (Å²) in [4.78, 5) is 11.4. The lowest BCUT2D eigenvalue weighted by molar-refractivity contribution is 0.0941. The predicted molar refractivity (Wildman–Crippen MR) is 62.7 cm³/mol. The van der Waals surface area contributed by atoms with Crippen LogP contribution in [0.3, 0.4) is 0 Å². The first-order valence-electron chi connectivity index (χ1n) is 5.17. The standard InChI is InChI=1S/C12H14N2O2/c1-8(15)14-7-9(4-5-13)11-6-10(16)2-3-12(11)14/h2-3,6-7,16H,4-5,13H2,1H3. The summed E-state index contributed by atoms with van der Waals surface area (Å²) >= 11 is 0. The number of aromatic hydroxyl groups is 1. The van der Waals surface area contributed by atoms with Crippen molar-refractivity contribution in [2.45, 2.75) is 13.3 Å². The number of aromatic nitrogens is 1. The van der Waals surface area contributed by atoms with Crippen molar-refractivity contribution in [3.8, 4) is 5.75 Å². The van der Waals surface area contributed by atoms with Gasteiger partial charge in [-0.25, -0.2) is 0 Å². The van der Waals surface area contributed by atoms with E-state index >= 15 is 0 Å². The van der Waals surface area contributed by atoms with E-state index < -0.39 is 0 Å². The highest BCUT2D eigenvalue weighted by molar-refractivity contribution is 5.94. The molecule has 16 heavy (non-hydrogen) atoms. The summed E-state index contributed by atoms with van der Waals surface area (Å²) in [5, 5.41) is 10.3. The van der Waals surface area contributed by atoms with E-state index in [-0.39, 0.29) is 11.7 Å². The van der Waals surface area contributed by atoms with Crippen molar-refractivity contribution < 1.29 is 9.90 Å². The number of hydrogen-bond donors (Lipinski definition) is 2. The van der Waals surface area contributed by atoms with Gasteiger partial charge >= 0.3 is 0 Å². The number of nitrogens with zero attached hydrogens (tertiary/aromatic N) is 1. The first-order chi connectivity index (χ1) is 7.63. The van der Waals surface area contributed by atoms with E-state index in [0.717, 1.165) is 16.5 Å². The fourth-order valence-corrected chi connectivity index (χ4v) is 1.90. The van der Waals surface area contributed by atoms with E-state index in [4.69, 9.17) is 5.73 Å². The Hall–Kier alpha value is -1.81. The lowest BCUT2D eigenvalue weighted by atomic mass is 10.1. The number of benzene rings is 1. The van der Waals surface area contributed by atoms with Gasteiger partial charge in [0.1, 0.15) is 5.75 Å². The summed E-state index contributed by atoms with van der Waals surface area (Å²) < 4.78 is 1.58. The molecule has 3 N–H and O–H groups in total. The summed E-state index contributed by atoms with van der Waals surface area (Å²) in [6.45, 7) is 2.03. The molecule has 0 amide bonds. The molecule has 0 aliphatic heterocycles. The molecule has 0 atom stereocenters. The van der Waals surface area contributed by atoms with E-state index in [2.05, 4.69) is 0 Å². The molecular formula is C12H14N2O2. The summed E-state index contributed by atoms with van der Waals surface area (Å²) in [6.07, 6.45) is 2.49. The second-order valence-electron chi connectivity index (χ2n) is 3.78. The molecular weight excluding hydrogens is 204 g/mol. The fourth-order valence-electron chi connectivity index (χ4n) is 1.90. The van der Waals surface area contributed by atoms with Crippen LogP contribution >= 0.6 is 0 Å². The van der Waals surface area contributed by atoms with E-state index in [1.807, 2.05) is 0 Å². The quantitative estimate of drug-likeness (QED) is 0.802. The van der Waals surface area contributed by atoms with Gasteiger partial charge in [0.2, 0.25) is 5.91 Å². The minimum atomic E-state index is -0.0426. The Morgan fingerprint density at radius 2 is 2.25 bits per heavy atom. The van der Waals surface area contributed by atoms with Crippen LogP contribution in [-0.2, 0) is 6.42 Å². The van der Waals surface area contributed by atoms with Crippen LogP contribution in [0.25, 0.3) is 10.9 Å². The van der Waals surface area contributed by atoms with Gasteiger partial charge in [-0.3, -0.25) is 9.36 Å². The highest BCUT2D eigenvalue weighted by Crippen LogP contribution is 2.25. The molecule has 1 aromatic carbocycles. The number of phenolic OH excluding ortho intramolecular Hbond substituents is 1. The number of rotatable bonds is 2. The van der Waals surface area contributed by atoms with Gasteiger partial charge in [-0.1, -0.05) is 0 Å². The molecule has 4 heteroatoms. The van der Waals surface area contributed by atoms with Crippen molar-refractivity contribution in [3.63, 3.8) is 0 Å². The lowest BCUT2D eigenvalue weighted by Crippen LogP contribution is -2.04. The highest BCUT2D eigenvalue weighted by atomic mass is 16.3. The van der Waals surface area contributed by atoms with Crippen LogP contribution in [0.4, 0.5) is 0 Å². The minimum Gasteiger partial charge on any atom is -0.508 e. The van der Waals surface area contributed by atoms with Crippen LogP contribution in [0.1, 0.15) is 17.3 Å². The molecule has 0 saturated carbocycles. The van der Waals surface area contributed by atoms with Crippen LogP contribution in [0.2, 0.25) is 0 Å². The summed E-state index contributed by atoms with van der Waals surface area (Å²) in [6, 6.07) is 4.99. The van der Waals surface area contributed by atoms with E-state index in [0.29, 0.717) is 13.0 Å². The van der Waals surface area contributed by atoms with E-state index in [1.54, 1.807) is 29.0 Å². The molecule has 1 heterocycles. The molecule has 84 valence electrons. The predicted octanol–water partition coefficient (Wildman–Crippen LogP) is 1.51. The van der Waals surface area contributed by atoms with Gasteiger partial charge in [-0.05, 0) is 36.7 Å². The number of hydrogen-bond acceptors (Lipinski definition) is 3. The topological polar surface area (TPSA) is 68.2 Å². The third kappa shape index (κ3) is 1.67. The molecule has 0 radical (unpaired) electrons. The first-order valence-corrected chi connectivity index (χ1v) is 5.17. The third-order valence-corrected chi connectivity index (χ3v) is 2.62. The molecule has 2 rings (SSSR count). The van der Waals surface area contributed by atoms with Crippen LogP contribution in [0.5, 0.6) is 5.75 Å². The average molecular weight is 218 g/mol. The normalized spacial score (nSPS) is 10.9. The van der Waals surface area contributed by atoms with Crippen molar-refractivity contribution in [3.05, 3.63) is 30.0 Å². The van der Waals surface area contributed by atoms with Gasteiger partial charge in [0.25, 0.3) is 0 Å². The summed E-state index contributed by atoms with van der Waals surface area (Å²) in [5.74, 6) is 0.158. The Kier molecular flexibility index (Phi) is 2.66. The van der Waals surface area contributed by atoms with E-state index in [1.165, 1.54) is 6.92 Å². The molecule has 0 aliphatic rings. The van der Waals surface area contributed by atoms with Crippen LogP contribution in [0, 0.1) is 0 Å². The van der Waals surface area contributed by atoms with Crippen molar-refractivity contribution >= 4 is 16.8 Å². The highest BCUT2D eigenvalue weighted by Gasteiger charge is 2.10. The molecule has 0 bridgehead atoms. The average Bonchev–Trinajstić information content (AvgIpc) is 2.58. The zero-order chi connectivity index (χ0) is 11.7. The monoisotopic (exact) mass is 218 g/mol. The Morgan fingerprint density at radius 1 is 1.50 bits per heavy atom. The maximum atomic E-state index is 11.4. The van der Waals surface area contributed by atoms with Gasteiger partial charge in [0, 0.05) is 18.5 Å². The molecule has 1 aromatic heterocycles. The number of carbonyl (C=O) groups excluding carboxylic acids is 1. The number of phenols is 1. The molecule has 0 fully saturated rings. The van der Waals surface area contributed by atoms with Gasteiger partial charge < -0.3 is 10.8 Å². The molecule has 0 spiro atoms. The van der Waals surface area contributed by atoms with Crippen molar-refractivity contribution in [2.75, 3.05) is 6.54 Å². The zero-order valence-corrected chi connectivity index (χ0v) is 9.10. The number of nitrogens with two attached hydrogens (primary N) is 1. The Labute approximate surface area is 93.3 Å². The second kappa shape index (κ2) is 3.98. The van der Waals surface area contributed by atoms with Crippen LogP contribution in [-0.4, -0.2) is 22.1 Å². The first kappa shape index (κ1) is 10.7. The lowest BCUT2D eigenvalue weighted by Gasteiger charge is -1.98. The Morgan fingerprint density at radius 3 is 2.88 bits per heavy atom. The molecule has 4 nitrogen and oxygen atoms in total. The van der Waals surface area contributed by atoms with Crippen LogP contribution < -0.4 is 5.73 Å². The van der Waals surface area contributed by atoms with Gasteiger partial charge in [-0.2, -0.15) is 0 Å². The Bertz CT molecular complexity index is 543. The molecule has 0 aliphatic carbocycles. The van der Waals surface area contributed by atoms with Crippen LogP contribution in [0.15, 0.2) is 24.4 Å². The van der Waals surface area contributed by atoms with Gasteiger partial charge in [0.05, 0.1) is 5.52 Å². The van der Waals surface area contributed by atoms with Crippen molar-refractivity contribution in [2.24, 2.45) is 5.73 Å². The van der Waals surface area contributed by atoms with Gasteiger partial charge in [-0.15, -0.1) is 0 Å². The third-order valence-electron chi connectivity index (χ3n) is 2.62. The Balaban J connectivity index is 2.71. The molecule has 2 aromatic rings. The van der Waals surface area contributed by atoms with E-state index in [9.17, 15) is 9.90 Å². The largest absolute Gasteiger partial charge is 0.508 e. The van der Waals surface area contributed by atoms with Crippen molar-refractivity contribution in [1.29, 1.82) is 0 Å². The maximum absolute atomic E-state index is 11.4. The number of fused-ring (bicyclic) bond motifs is 1. The molecule has 0 unspecified atom stereocenters. The maximum Gasteiger partial charge on any atom is 0.227 e. The summed E-state index contributed by atoms with van der Waals surface area (Å²) in [7, 11) is 0. The van der Waals surface area contributed by atoms with Crippen molar-refractivity contribution in [1.82, 2.24) is 4.57 Å². The molecule has 0 saturated heterocycles. The smallest absolute Gasteiger partial charge is 0.227 e. The fraction of sp³-hybridized carbons (Fsp3) is 0.250. The SMILES string of the molecule is CC(=O)n1cc(CCN)c2cc(O)ccc21. The second-order valence-corrected chi connectivity index (χ2v) is 3.78. The number of carbonyl (C=O) groups is 1. The zero-order valence-electron chi connectivity index (χ0n) is 9.10. The summed E-state index contributed by atoms with van der Waals surface area (Å²) in [5.41, 5.74) is 7.32. The minimum absolute atomic E-state index is 0.0426.